The maximum Gasteiger partial charge on any atom is 0.255 e. The lowest BCUT2D eigenvalue weighted by Crippen LogP contribution is -2.30. The van der Waals surface area contributed by atoms with Crippen molar-refractivity contribution in [1.82, 2.24) is 10.6 Å². The van der Waals surface area contributed by atoms with Crippen molar-refractivity contribution in [3.05, 3.63) is 17.7 Å². The van der Waals surface area contributed by atoms with Crippen LogP contribution in [0.3, 0.4) is 0 Å². The van der Waals surface area contributed by atoms with Gasteiger partial charge >= 0.3 is 0 Å². The van der Waals surface area contributed by atoms with Gasteiger partial charge < -0.3 is 24.8 Å². The van der Waals surface area contributed by atoms with E-state index < -0.39 is 0 Å². The molecule has 0 bridgehead atoms. The zero-order chi connectivity index (χ0) is 15.2. The molecule has 1 unspecified atom stereocenters. The Morgan fingerprint density at radius 3 is 2.50 bits per heavy atom. The number of carbonyl (C=O) groups excluding carboxylic acids is 1. The molecule has 22 heavy (non-hydrogen) atoms. The van der Waals surface area contributed by atoms with Crippen LogP contribution in [-0.2, 0) is 0 Å². The number of halogens is 1. The van der Waals surface area contributed by atoms with Gasteiger partial charge in [0.05, 0.1) is 26.9 Å². The van der Waals surface area contributed by atoms with Gasteiger partial charge in [-0.1, -0.05) is 0 Å². The molecule has 1 aliphatic rings. The van der Waals surface area contributed by atoms with Crippen LogP contribution in [0.25, 0.3) is 0 Å². The number of benzene rings is 1. The number of amides is 1. The SMILES string of the molecule is COc1ccc(C(=O)NCC2CCNC2)c(OC)c1OC.Cl. The summed E-state index contributed by atoms with van der Waals surface area (Å²) >= 11 is 0. The van der Waals surface area contributed by atoms with E-state index >= 15 is 0 Å². The average Bonchev–Trinajstić information content (AvgIpc) is 3.04. The summed E-state index contributed by atoms with van der Waals surface area (Å²) in [4.78, 5) is 12.3. The van der Waals surface area contributed by atoms with E-state index in [1.54, 1.807) is 19.2 Å². The van der Waals surface area contributed by atoms with Crippen molar-refractivity contribution in [2.75, 3.05) is 41.0 Å². The Bertz CT molecular complexity index is 505. The van der Waals surface area contributed by atoms with Crippen LogP contribution in [0, 0.1) is 5.92 Å². The maximum atomic E-state index is 12.3. The lowest BCUT2D eigenvalue weighted by Gasteiger charge is -2.16. The van der Waals surface area contributed by atoms with Crippen LogP contribution < -0.4 is 24.8 Å². The van der Waals surface area contributed by atoms with E-state index in [1.807, 2.05) is 0 Å². The topological polar surface area (TPSA) is 68.8 Å². The average molecular weight is 331 g/mol. The van der Waals surface area contributed by atoms with Gasteiger partial charge in [0.15, 0.2) is 11.5 Å². The van der Waals surface area contributed by atoms with E-state index in [-0.39, 0.29) is 18.3 Å². The number of ether oxygens (including phenoxy) is 3. The molecule has 1 aromatic carbocycles. The Labute approximate surface area is 136 Å². The molecule has 1 saturated heterocycles. The minimum atomic E-state index is -0.167. The Hall–Kier alpha value is -1.66. The fourth-order valence-corrected chi connectivity index (χ4v) is 2.50. The van der Waals surface area contributed by atoms with Crippen LogP contribution in [0.5, 0.6) is 17.2 Å². The molecule has 1 heterocycles. The molecule has 7 heteroatoms. The largest absolute Gasteiger partial charge is 0.493 e. The normalized spacial score (nSPS) is 16.6. The van der Waals surface area contributed by atoms with Crippen molar-refractivity contribution in [2.24, 2.45) is 5.92 Å². The van der Waals surface area contributed by atoms with E-state index in [9.17, 15) is 4.79 Å². The van der Waals surface area contributed by atoms with Crippen molar-refractivity contribution < 1.29 is 19.0 Å². The second-order valence-corrected chi connectivity index (χ2v) is 4.95. The predicted molar refractivity (Wildman–Crippen MR) is 86.7 cm³/mol. The third-order valence-electron chi connectivity index (χ3n) is 3.66. The van der Waals surface area contributed by atoms with Gasteiger partial charge in [-0.05, 0) is 37.6 Å². The first-order valence-electron chi connectivity index (χ1n) is 6.99. The highest BCUT2D eigenvalue weighted by Crippen LogP contribution is 2.39. The highest BCUT2D eigenvalue weighted by atomic mass is 35.5. The summed E-state index contributed by atoms with van der Waals surface area (Å²) in [6.45, 7) is 2.62. The summed E-state index contributed by atoms with van der Waals surface area (Å²) in [5, 5.41) is 6.23. The van der Waals surface area contributed by atoms with Gasteiger partial charge in [0.1, 0.15) is 0 Å². The second kappa shape index (κ2) is 8.70. The molecule has 124 valence electrons. The maximum absolute atomic E-state index is 12.3. The zero-order valence-corrected chi connectivity index (χ0v) is 13.9. The van der Waals surface area contributed by atoms with Crippen LogP contribution in [0.4, 0.5) is 0 Å². The van der Waals surface area contributed by atoms with Gasteiger partial charge in [0, 0.05) is 6.54 Å². The highest BCUT2D eigenvalue weighted by Gasteiger charge is 2.22. The summed E-state index contributed by atoms with van der Waals surface area (Å²) in [5.41, 5.74) is 0.445. The Balaban J connectivity index is 0.00000242. The monoisotopic (exact) mass is 330 g/mol. The number of methoxy groups -OCH3 is 3. The number of hydrogen-bond acceptors (Lipinski definition) is 5. The Morgan fingerprint density at radius 1 is 1.23 bits per heavy atom. The van der Waals surface area contributed by atoms with Crippen LogP contribution in [0.1, 0.15) is 16.8 Å². The van der Waals surface area contributed by atoms with Crippen molar-refractivity contribution in [3.8, 4) is 17.2 Å². The highest BCUT2D eigenvalue weighted by molar-refractivity contribution is 5.98. The molecular weight excluding hydrogens is 308 g/mol. The first-order valence-corrected chi connectivity index (χ1v) is 6.99. The van der Waals surface area contributed by atoms with Gasteiger partial charge in [-0.2, -0.15) is 0 Å². The molecule has 0 aromatic heterocycles. The van der Waals surface area contributed by atoms with E-state index in [2.05, 4.69) is 10.6 Å². The number of carbonyl (C=O) groups is 1. The molecule has 2 N–H and O–H groups in total. The fraction of sp³-hybridized carbons (Fsp3) is 0.533. The standard InChI is InChI=1S/C15H22N2O4.ClH/c1-19-12-5-4-11(13(20-2)14(12)21-3)15(18)17-9-10-6-7-16-8-10;/h4-5,10,16H,6-9H2,1-3H3,(H,17,18);1H. The summed E-state index contributed by atoms with van der Waals surface area (Å²) in [6, 6.07) is 3.38. The van der Waals surface area contributed by atoms with E-state index in [0.29, 0.717) is 35.3 Å². The van der Waals surface area contributed by atoms with Crippen LogP contribution >= 0.6 is 12.4 Å². The second-order valence-electron chi connectivity index (χ2n) is 4.95. The first kappa shape index (κ1) is 18.4. The van der Waals surface area contributed by atoms with Gasteiger partial charge in [0.25, 0.3) is 5.91 Å². The number of hydrogen-bond donors (Lipinski definition) is 2. The van der Waals surface area contributed by atoms with Gasteiger partial charge in [-0.25, -0.2) is 0 Å². The minimum absolute atomic E-state index is 0. The summed E-state index contributed by atoms with van der Waals surface area (Å²) in [7, 11) is 4.57. The van der Waals surface area contributed by atoms with Crippen molar-refractivity contribution in [2.45, 2.75) is 6.42 Å². The Morgan fingerprint density at radius 2 is 1.95 bits per heavy atom. The van der Waals surface area contributed by atoms with E-state index in [4.69, 9.17) is 14.2 Å². The predicted octanol–water partition coefficient (Wildman–Crippen LogP) is 1.47. The van der Waals surface area contributed by atoms with Crippen molar-refractivity contribution in [3.63, 3.8) is 0 Å². The summed E-state index contributed by atoms with van der Waals surface area (Å²) < 4.78 is 15.8. The smallest absolute Gasteiger partial charge is 0.255 e. The third-order valence-corrected chi connectivity index (χ3v) is 3.66. The third kappa shape index (κ3) is 3.96. The minimum Gasteiger partial charge on any atom is -0.493 e. The number of nitrogens with one attached hydrogen (secondary N) is 2. The van der Waals surface area contributed by atoms with Gasteiger partial charge in [0.2, 0.25) is 5.75 Å². The van der Waals surface area contributed by atoms with Crippen molar-refractivity contribution in [1.29, 1.82) is 0 Å². The molecule has 1 aromatic rings. The molecule has 0 saturated carbocycles. The summed E-state index contributed by atoms with van der Waals surface area (Å²) in [6.07, 6.45) is 1.09. The van der Waals surface area contributed by atoms with Crippen LogP contribution in [0.15, 0.2) is 12.1 Å². The molecule has 1 fully saturated rings. The molecule has 0 aliphatic carbocycles. The molecule has 0 radical (unpaired) electrons. The molecule has 1 amide bonds. The molecule has 6 nitrogen and oxygen atoms in total. The molecule has 0 spiro atoms. The van der Waals surface area contributed by atoms with Crippen LogP contribution in [0.2, 0.25) is 0 Å². The summed E-state index contributed by atoms with van der Waals surface area (Å²) in [5.74, 6) is 1.67. The van der Waals surface area contributed by atoms with Crippen LogP contribution in [-0.4, -0.2) is 46.9 Å². The lowest BCUT2D eigenvalue weighted by atomic mass is 10.1. The van der Waals surface area contributed by atoms with E-state index in [0.717, 1.165) is 19.5 Å². The van der Waals surface area contributed by atoms with Crippen molar-refractivity contribution >= 4 is 18.3 Å². The molecule has 1 atom stereocenters. The van der Waals surface area contributed by atoms with E-state index in [1.165, 1.54) is 14.2 Å². The zero-order valence-electron chi connectivity index (χ0n) is 13.1. The molecule has 1 aliphatic heterocycles. The number of rotatable bonds is 6. The Kier molecular flexibility index (Phi) is 7.27. The van der Waals surface area contributed by atoms with Gasteiger partial charge in [-0.3, -0.25) is 4.79 Å². The fourth-order valence-electron chi connectivity index (χ4n) is 2.50. The first-order chi connectivity index (χ1) is 10.2. The molecule has 2 rings (SSSR count). The lowest BCUT2D eigenvalue weighted by molar-refractivity contribution is 0.0944. The van der Waals surface area contributed by atoms with Gasteiger partial charge in [-0.15, -0.1) is 12.4 Å². The quantitative estimate of drug-likeness (QED) is 0.826. The molecular formula is C15H23ClN2O4.